The number of alkyl halides is 3. The van der Waals surface area contributed by atoms with Crippen LogP contribution in [0.1, 0.15) is 40.9 Å². The molecule has 6 nitrogen and oxygen atoms in total. The van der Waals surface area contributed by atoms with E-state index in [1.54, 1.807) is 4.40 Å². The van der Waals surface area contributed by atoms with Gasteiger partial charge < -0.3 is 9.88 Å². The summed E-state index contributed by atoms with van der Waals surface area (Å²) >= 11 is 0. The number of nitrogens with zero attached hydrogens (tertiary/aromatic N) is 4. The minimum atomic E-state index is -4.19. The molecule has 0 unspecified atom stereocenters. The number of aromatic nitrogens is 4. The van der Waals surface area contributed by atoms with Crippen molar-refractivity contribution >= 4 is 11.6 Å². The number of imidazole rings is 2. The van der Waals surface area contributed by atoms with Gasteiger partial charge in [0.15, 0.2) is 0 Å². The number of carbonyl (C=O) groups excluding carboxylic acids is 1. The van der Waals surface area contributed by atoms with Crippen LogP contribution in [0.15, 0.2) is 54.9 Å². The highest BCUT2D eigenvalue weighted by atomic mass is 19.4. The fourth-order valence-corrected chi connectivity index (χ4v) is 4.44. The van der Waals surface area contributed by atoms with Gasteiger partial charge in [-0.3, -0.25) is 9.20 Å². The number of nitrogens with one attached hydrogen (secondary N) is 1. The topological polar surface area (TPSA) is 64.2 Å². The van der Waals surface area contributed by atoms with E-state index >= 15 is 0 Å². The van der Waals surface area contributed by atoms with Gasteiger partial charge in [-0.25, -0.2) is 9.97 Å². The molecule has 0 saturated heterocycles. The molecule has 176 valence electrons. The fourth-order valence-electron chi connectivity index (χ4n) is 4.44. The van der Waals surface area contributed by atoms with E-state index in [2.05, 4.69) is 15.3 Å². The fraction of sp³-hybridized carbons (Fsp3) is 0.320. The second-order valence-corrected chi connectivity index (χ2v) is 8.54. The molecule has 4 aromatic rings. The predicted molar refractivity (Wildman–Crippen MR) is 121 cm³/mol. The van der Waals surface area contributed by atoms with Crippen LogP contribution >= 0.6 is 0 Å². The Hall–Kier alpha value is -3.62. The molecule has 1 atom stereocenters. The summed E-state index contributed by atoms with van der Waals surface area (Å²) in [6.07, 6.45) is 0.0954. The minimum absolute atomic E-state index is 0.0805. The van der Waals surface area contributed by atoms with Crippen LogP contribution in [0.5, 0.6) is 0 Å². The summed E-state index contributed by atoms with van der Waals surface area (Å²) in [4.78, 5) is 21.9. The lowest BCUT2D eigenvalue weighted by atomic mass is 9.97. The number of benzene rings is 1. The Morgan fingerprint density at radius 2 is 1.94 bits per heavy atom. The van der Waals surface area contributed by atoms with E-state index in [0.29, 0.717) is 36.7 Å². The Kier molecular flexibility index (Phi) is 5.63. The number of pyridine rings is 1. The summed E-state index contributed by atoms with van der Waals surface area (Å²) in [6, 6.07) is 13.2. The third-order valence-electron chi connectivity index (χ3n) is 6.32. The van der Waals surface area contributed by atoms with Crippen LogP contribution < -0.4 is 5.32 Å². The summed E-state index contributed by atoms with van der Waals surface area (Å²) in [5, 5.41) is 2.96. The molecule has 0 spiro atoms. The molecular weight excluding hydrogens is 443 g/mol. The van der Waals surface area contributed by atoms with E-state index in [1.807, 2.05) is 66.3 Å². The molecule has 0 bridgehead atoms. The zero-order valence-electron chi connectivity index (χ0n) is 18.6. The van der Waals surface area contributed by atoms with Gasteiger partial charge in [0.25, 0.3) is 5.91 Å². The molecule has 1 aliphatic heterocycles. The zero-order valence-corrected chi connectivity index (χ0v) is 18.6. The van der Waals surface area contributed by atoms with Gasteiger partial charge in [0.2, 0.25) is 0 Å². The standard InChI is InChI=1S/C25H24F3N5O/c1-2-19-23(33-11-4-3-5-21(33)30-19)24(34)29-14-16-6-8-17(9-7-16)20-15-32-12-10-18(25(26,27)28)13-22(32)31-20/h3-9,11,15,18H,2,10,12-14H2,1H3,(H,29,34)/t18-/m0/s1. The molecule has 0 saturated carbocycles. The summed E-state index contributed by atoms with van der Waals surface area (Å²) in [5.41, 5.74) is 4.41. The molecule has 5 rings (SSSR count). The van der Waals surface area contributed by atoms with Gasteiger partial charge in [-0.15, -0.1) is 0 Å². The van der Waals surface area contributed by atoms with Gasteiger partial charge >= 0.3 is 6.18 Å². The van der Waals surface area contributed by atoms with Gasteiger partial charge in [-0.05, 0) is 30.5 Å². The van der Waals surface area contributed by atoms with Crippen molar-refractivity contribution in [2.24, 2.45) is 5.92 Å². The van der Waals surface area contributed by atoms with Crippen LogP contribution in [-0.4, -0.2) is 31.0 Å². The predicted octanol–water partition coefficient (Wildman–Crippen LogP) is 4.81. The average Bonchev–Trinajstić information content (AvgIpc) is 3.43. The van der Waals surface area contributed by atoms with E-state index in [0.717, 1.165) is 22.5 Å². The van der Waals surface area contributed by atoms with Gasteiger partial charge in [-0.2, -0.15) is 13.2 Å². The number of aryl methyl sites for hydroxylation is 2. The van der Waals surface area contributed by atoms with E-state index < -0.39 is 12.1 Å². The quantitative estimate of drug-likeness (QED) is 0.458. The van der Waals surface area contributed by atoms with Gasteiger partial charge in [0, 0.05) is 37.5 Å². The van der Waals surface area contributed by atoms with Crippen LogP contribution in [-0.2, 0) is 25.9 Å². The number of carbonyl (C=O) groups is 1. The van der Waals surface area contributed by atoms with E-state index in [9.17, 15) is 18.0 Å². The summed E-state index contributed by atoms with van der Waals surface area (Å²) in [5.74, 6) is -1.05. The maximum Gasteiger partial charge on any atom is 0.392 e. The highest BCUT2D eigenvalue weighted by Gasteiger charge is 2.41. The van der Waals surface area contributed by atoms with Crippen molar-refractivity contribution in [2.75, 3.05) is 0 Å². The second kappa shape index (κ2) is 8.62. The van der Waals surface area contributed by atoms with Crippen molar-refractivity contribution in [1.82, 2.24) is 24.3 Å². The van der Waals surface area contributed by atoms with Gasteiger partial charge in [0.1, 0.15) is 17.2 Å². The van der Waals surface area contributed by atoms with Crippen molar-refractivity contribution in [1.29, 1.82) is 0 Å². The smallest absolute Gasteiger partial charge is 0.347 e. The maximum atomic E-state index is 13.1. The number of amides is 1. The summed E-state index contributed by atoms with van der Waals surface area (Å²) in [7, 11) is 0. The Morgan fingerprint density at radius 3 is 2.68 bits per heavy atom. The highest BCUT2D eigenvalue weighted by molar-refractivity contribution is 5.94. The second-order valence-electron chi connectivity index (χ2n) is 8.54. The number of hydrogen-bond donors (Lipinski definition) is 1. The largest absolute Gasteiger partial charge is 0.392 e. The monoisotopic (exact) mass is 467 g/mol. The number of hydrogen-bond acceptors (Lipinski definition) is 3. The number of rotatable bonds is 5. The zero-order chi connectivity index (χ0) is 23.9. The van der Waals surface area contributed by atoms with Crippen LogP contribution in [0.4, 0.5) is 13.2 Å². The number of fused-ring (bicyclic) bond motifs is 2. The molecule has 1 aromatic carbocycles. The molecule has 3 aromatic heterocycles. The molecule has 1 N–H and O–H groups in total. The first kappa shape index (κ1) is 22.2. The SMILES string of the molecule is CCc1nc2ccccn2c1C(=O)NCc1ccc(-c2cn3c(n2)C[C@@H](C(F)(F)F)CC3)cc1. The minimum Gasteiger partial charge on any atom is -0.347 e. The van der Waals surface area contributed by atoms with Crippen LogP contribution in [0.25, 0.3) is 16.9 Å². The third-order valence-corrected chi connectivity index (χ3v) is 6.32. The van der Waals surface area contributed by atoms with Crippen LogP contribution in [0.2, 0.25) is 0 Å². The van der Waals surface area contributed by atoms with E-state index in [1.165, 1.54) is 0 Å². The first-order chi connectivity index (χ1) is 16.3. The van der Waals surface area contributed by atoms with Crippen LogP contribution in [0.3, 0.4) is 0 Å². The maximum absolute atomic E-state index is 13.1. The first-order valence-corrected chi connectivity index (χ1v) is 11.3. The van der Waals surface area contributed by atoms with E-state index in [-0.39, 0.29) is 18.7 Å². The molecule has 0 fully saturated rings. The molecule has 9 heteroatoms. The molecular formula is C25H24F3N5O. The Morgan fingerprint density at radius 1 is 1.15 bits per heavy atom. The lowest BCUT2D eigenvalue weighted by molar-refractivity contribution is -0.179. The molecule has 1 amide bonds. The van der Waals surface area contributed by atoms with Crippen molar-refractivity contribution < 1.29 is 18.0 Å². The van der Waals surface area contributed by atoms with Crippen molar-refractivity contribution in [3.63, 3.8) is 0 Å². The molecule has 4 heterocycles. The van der Waals surface area contributed by atoms with Crippen LogP contribution in [0, 0.1) is 5.92 Å². The summed E-state index contributed by atoms with van der Waals surface area (Å²) < 4.78 is 42.8. The highest BCUT2D eigenvalue weighted by Crippen LogP contribution is 2.35. The third kappa shape index (κ3) is 4.18. The Labute approximate surface area is 194 Å². The molecule has 34 heavy (non-hydrogen) atoms. The van der Waals surface area contributed by atoms with Gasteiger partial charge in [0.05, 0.1) is 17.3 Å². The van der Waals surface area contributed by atoms with E-state index in [4.69, 9.17) is 0 Å². The van der Waals surface area contributed by atoms with Gasteiger partial charge in [-0.1, -0.05) is 37.3 Å². The Bertz CT molecular complexity index is 1340. The lowest BCUT2D eigenvalue weighted by Crippen LogP contribution is -2.31. The molecule has 0 radical (unpaired) electrons. The number of halogens is 3. The molecule has 1 aliphatic rings. The van der Waals surface area contributed by atoms with Crippen molar-refractivity contribution in [3.05, 3.63) is 77.6 Å². The average molecular weight is 467 g/mol. The van der Waals surface area contributed by atoms with Crippen molar-refractivity contribution in [2.45, 2.75) is 45.5 Å². The Balaban J connectivity index is 1.27. The first-order valence-electron chi connectivity index (χ1n) is 11.3. The molecule has 0 aliphatic carbocycles. The lowest BCUT2D eigenvalue weighted by Gasteiger charge is -2.25. The normalized spacial score (nSPS) is 15.9. The van der Waals surface area contributed by atoms with Crippen molar-refractivity contribution in [3.8, 4) is 11.3 Å². The summed E-state index contributed by atoms with van der Waals surface area (Å²) in [6.45, 7) is 2.63.